The van der Waals surface area contributed by atoms with Crippen molar-refractivity contribution in [2.24, 2.45) is 5.92 Å². The highest BCUT2D eigenvalue weighted by molar-refractivity contribution is 7.89. The monoisotopic (exact) mass is 430 g/mol. The van der Waals surface area contributed by atoms with Crippen LogP contribution in [0.25, 0.3) is 0 Å². The molecule has 8 nitrogen and oxygen atoms in total. The molecule has 0 radical (unpaired) electrons. The van der Waals surface area contributed by atoms with Gasteiger partial charge in [-0.25, -0.2) is 18.1 Å². The Morgan fingerprint density at radius 3 is 2.40 bits per heavy atom. The standard InChI is InChI=1S/C21H26N4O4S/c1-3-23-30(28,29)18-6-4-17(5-7-18)21(27)25-12-9-16(10-13-25)20(26)24-19-14-15(2)8-11-22-19/h4-8,11,14,16,23H,3,9-10,12-13H2,1-2H3,(H,22,24,26). The van der Waals surface area contributed by atoms with E-state index in [1.54, 1.807) is 18.0 Å². The largest absolute Gasteiger partial charge is 0.339 e. The molecule has 1 aromatic heterocycles. The number of piperidine rings is 1. The third kappa shape index (κ3) is 5.22. The Morgan fingerprint density at radius 1 is 1.13 bits per heavy atom. The summed E-state index contributed by atoms with van der Waals surface area (Å²) >= 11 is 0. The first-order valence-electron chi connectivity index (χ1n) is 9.92. The normalized spacial score (nSPS) is 15.1. The number of amides is 2. The number of hydrogen-bond acceptors (Lipinski definition) is 5. The summed E-state index contributed by atoms with van der Waals surface area (Å²) in [6.07, 6.45) is 2.79. The van der Waals surface area contributed by atoms with E-state index in [-0.39, 0.29) is 22.6 Å². The number of anilines is 1. The minimum atomic E-state index is -3.55. The van der Waals surface area contributed by atoms with Crippen molar-refractivity contribution in [3.8, 4) is 0 Å². The fourth-order valence-electron chi connectivity index (χ4n) is 3.41. The highest BCUT2D eigenvalue weighted by Gasteiger charge is 2.28. The van der Waals surface area contributed by atoms with Crippen molar-refractivity contribution in [2.75, 3.05) is 25.0 Å². The molecule has 0 aliphatic carbocycles. The van der Waals surface area contributed by atoms with Gasteiger partial charge in [0.1, 0.15) is 5.82 Å². The number of pyridine rings is 1. The summed E-state index contributed by atoms with van der Waals surface area (Å²) in [6.45, 7) is 4.87. The van der Waals surface area contributed by atoms with Crippen LogP contribution in [0.1, 0.15) is 35.7 Å². The molecule has 160 valence electrons. The van der Waals surface area contributed by atoms with Crippen LogP contribution in [0, 0.1) is 12.8 Å². The summed E-state index contributed by atoms with van der Waals surface area (Å²) in [6, 6.07) is 9.59. The molecule has 1 aliphatic heterocycles. The minimum absolute atomic E-state index is 0.0850. The predicted octanol–water partition coefficient (Wildman–Crippen LogP) is 2.18. The van der Waals surface area contributed by atoms with Gasteiger partial charge in [0.2, 0.25) is 15.9 Å². The molecule has 1 aromatic carbocycles. The van der Waals surface area contributed by atoms with Gasteiger partial charge in [-0.15, -0.1) is 0 Å². The first-order chi connectivity index (χ1) is 14.3. The predicted molar refractivity (Wildman–Crippen MR) is 114 cm³/mol. The number of aromatic nitrogens is 1. The summed E-state index contributed by atoms with van der Waals surface area (Å²) in [7, 11) is -3.55. The molecule has 1 aliphatic rings. The van der Waals surface area contributed by atoms with Gasteiger partial charge in [-0.2, -0.15) is 0 Å². The van der Waals surface area contributed by atoms with Gasteiger partial charge in [-0.05, 0) is 61.7 Å². The maximum atomic E-state index is 12.7. The lowest BCUT2D eigenvalue weighted by Crippen LogP contribution is -2.41. The van der Waals surface area contributed by atoms with Crippen molar-refractivity contribution >= 4 is 27.7 Å². The van der Waals surface area contributed by atoms with Gasteiger partial charge in [0.15, 0.2) is 0 Å². The average molecular weight is 431 g/mol. The number of carbonyl (C=O) groups is 2. The van der Waals surface area contributed by atoms with Crippen molar-refractivity contribution in [3.63, 3.8) is 0 Å². The van der Waals surface area contributed by atoms with E-state index >= 15 is 0 Å². The number of nitrogens with zero attached hydrogens (tertiary/aromatic N) is 2. The number of nitrogens with one attached hydrogen (secondary N) is 2. The van der Waals surface area contributed by atoms with Crippen LogP contribution in [0.3, 0.4) is 0 Å². The molecule has 0 saturated carbocycles. The lowest BCUT2D eigenvalue weighted by atomic mass is 9.95. The molecule has 30 heavy (non-hydrogen) atoms. The van der Waals surface area contributed by atoms with E-state index in [0.29, 0.717) is 43.9 Å². The first kappa shape index (κ1) is 21.9. The quantitative estimate of drug-likeness (QED) is 0.730. The molecule has 1 fully saturated rings. The fourth-order valence-corrected chi connectivity index (χ4v) is 4.45. The Labute approximate surface area is 176 Å². The Bertz CT molecular complexity index is 1010. The van der Waals surface area contributed by atoms with Gasteiger partial charge in [-0.3, -0.25) is 9.59 Å². The minimum Gasteiger partial charge on any atom is -0.339 e. The molecule has 2 N–H and O–H groups in total. The number of aryl methyl sites for hydroxylation is 1. The molecule has 0 atom stereocenters. The lowest BCUT2D eigenvalue weighted by Gasteiger charge is -2.31. The van der Waals surface area contributed by atoms with Gasteiger partial charge in [0.25, 0.3) is 5.91 Å². The van der Waals surface area contributed by atoms with Crippen molar-refractivity contribution in [2.45, 2.75) is 31.6 Å². The van der Waals surface area contributed by atoms with Gasteiger partial charge < -0.3 is 10.2 Å². The summed E-state index contributed by atoms with van der Waals surface area (Å²) < 4.78 is 26.5. The zero-order valence-corrected chi connectivity index (χ0v) is 17.9. The van der Waals surface area contributed by atoms with Crippen molar-refractivity contribution in [3.05, 3.63) is 53.7 Å². The summed E-state index contributed by atoms with van der Waals surface area (Å²) in [5.41, 5.74) is 1.45. The van der Waals surface area contributed by atoms with E-state index < -0.39 is 10.0 Å². The molecule has 0 spiro atoms. The third-order valence-electron chi connectivity index (χ3n) is 5.07. The van der Waals surface area contributed by atoms with E-state index in [1.165, 1.54) is 24.3 Å². The van der Waals surface area contributed by atoms with Gasteiger partial charge in [0, 0.05) is 37.3 Å². The van der Waals surface area contributed by atoms with Crippen molar-refractivity contribution in [1.29, 1.82) is 0 Å². The maximum absolute atomic E-state index is 12.7. The second-order valence-electron chi connectivity index (χ2n) is 7.30. The number of hydrogen-bond donors (Lipinski definition) is 2. The first-order valence-corrected chi connectivity index (χ1v) is 11.4. The molecule has 1 saturated heterocycles. The summed E-state index contributed by atoms with van der Waals surface area (Å²) in [5.74, 6) is 0.106. The van der Waals surface area contributed by atoms with Crippen LogP contribution in [-0.4, -0.2) is 49.8 Å². The van der Waals surface area contributed by atoms with Crippen LogP contribution in [0.4, 0.5) is 5.82 Å². The van der Waals surface area contributed by atoms with Crippen LogP contribution < -0.4 is 10.0 Å². The van der Waals surface area contributed by atoms with Gasteiger partial charge >= 0.3 is 0 Å². The number of carbonyl (C=O) groups excluding carboxylic acids is 2. The van der Waals surface area contributed by atoms with Crippen LogP contribution in [-0.2, 0) is 14.8 Å². The van der Waals surface area contributed by atoms with E-state index in [2.05, 4.69) is 15.0 Å². The number of rotatable bonds is 6. The lowest BCUT2D eigenvalue weighted by molar-refractivity contribution is -0.121. The molecule has 0 bridgehead atoms. The Hall–Kier alpha value is -2.78. The Morgan fingerprint density at radius 2 is 1.80 bits per heavy atom. The van der Waals surface area contributed by atoms with Crippen LogP contribution in [0.15, 0.2) is 47.5 Å². The third-order valence-corrected chi connectivity index (χ3v) is 6.63. The van der Waals surface area contributed by atoms with Gasteiger partial charge in [0.05, 0.1) is 4.90 Å². The molecule has 9 heteroatoms. The smallest absolute Gasteiger partial charge is 0.253 e. The topological polar surface area (TPSA) is 108 Å². The molecule has 2 aromatic rings. The Balaban J connectivity index is 1.56. The Kier molecular flexibility index (Phi) is 6.84. The summed E-state index contributed by atoms with van der Waals surface area (Å²) in [4.78, 5) is 31.2. The molecule has 0 unspecified atom stereocenters. The molecular formula is C21H26N4O4S. The van der Waals surface area contributed by atoms with Crippen molar-refractivity contribution in [1.82, 2.24) is 14.6 Å². The number of sulfonamides is 1. The van der Waals surface area contributed by atoms with Crippen LogP contribution >= 0.6 is 0 Å². The van der Waals surface area contributed by atoms with E-state index in [9.17, 15) is 18.0 Å². The SMILES string of the molecule is CCNS(=O)(=O)c1ccc(C(=O)N2CCC(C(=O)Nc3cc(C)ccn3)CC2)cc1. The fraction of sp³-hybridized carbons (Fsp3) is 0.381. The highest BCUT2D eigenvalue weighted by atomic mass is 32.2. The van der Waals surface area contributed by atoms with Crippen LogP contribution in [0.2, 0.25) is 0 Å². The summed E-state index contributed by atoms with van der Waals surface area (Å²) in [5, 5.41) is 2.84. The number of benzene rings is 1. The molecule has 3 rings (SSSR count). The highest BCUT2D eigenvalue weighted by Crippen LogP contribution is 2.21. The van der Waals surface area contributed by atoms with Gasteiger partial charge in [-0.1, -0.05) is 6.92 Å². The zero-order valence-electron chi connectivity index (χ0n) is 17.1. The second-order valence-corrected chi connectivity index (χ2v) is 9.07. The molecular weight excluding hydrogens is 404 g/mol. The number of likely N-dealkylation sites (tertiary alicyclic amines) is 1. The van der Waals surface area contributed by atoms with Crippen LogP contribution in [0.5, 0.6) is 0 Å². The van der Waals surface area contributed by atoms with E-state index in [4.69, 9.17) is 0 Å². The maximum Gasteiger partial charge on any atom is 0.253 e. The van der Waals surface area contributed by atoms with E-state index in [1.807, 2.05) is 19.1 Å². The molecule has 2 amide bonds. The average Bonchev–Trinajstić information content (AvgIpc) is 2.73. The zero-order chi connectivity index (χ0) is 21.7. The molecule has 2 heterocycles. The second kappa shape index (κ2) is 9.36. The van der Waals surface area contributed by atoms with E-state index in [0.717, 1.165) is 5.56 Å². The van der Waals surface area contributed by atoms with Crippen molar-refractivity contribution < 1.29 is 18.0 Å².